The lowest BCUT2D eigenvalue weighted by atomic mass is 9.93. The van der Waals surface area contributed by atoms with Crippen molar-refractivity contribution in [1.29, 1.82) is 0 Å². The molecule has 1 atom stereocenters. The van der Waals surface area contributed by atoms with Crippen LogP contribution in [0.2, 0.25) is 0 Å². The smallest absolute Gasteiger partial charge is 0.158 e. The van der Waals surface area contributed by atoms with E-state index in [-0.39, 0.29) is 17.8 Å². The minimum absolute atomic E-state index is 0.135. The van der Waals surface area contributed by atoms with E-state index in [0.29, 0.717) is 23.4 Å². The number of aromatic nitrogens is 4. The molecule has 3 fully saturated rings. The molecule has 4 aromatic rings. The number of imidazole rings is 1. The molecule has 12 nitrogen and oxygen atoms in total. The number of aliphatic hydroxyl groups excluding tert-OH is 2. The molecule has 0 bridgehead atoms. The summed E-state index contributed by atoms with van der Waals surface area (Å²) in [5.41, 5.74) is 11.4. The molecule has 2 aromatic heterocycles. The largest absolute Gasteiger partial charge is 0.393 e. The number of para-hydroxylation sites is 1. The molecular weight excluding hydrogens is 580 g/mol. The van der Waals surface area contributed by atoms with Crippen LogP contribution < -0.4 is 21.3 Å². The van der Waals surface area contributed by atoms with Crippen LogP contribution in [0.5, 0.6) is 0 Å². The maximum Gasteiger partial charge on any atom is 0.158 e. The van der Waals surface area contributed by atoms with Gasteiger partial charge in [-0.25, -0.2) is 15.0 Å². The van der Waals surface area contributed by atoms with Gasteiger partial charge in [-0.05, 0) is 75.9 Å². The second kappa shape index (κ2) is 13.5. The number of nitrogens with one attached hydrogen (secondary N) is 3. The van der Waals surface area contributed by atoms with E-state index in [9.17, 15) is 10.2 Å². The normalized spacial score (nSPS) is 22.7. The Morgan fingerprint density at radius 3 is 2.35 bits per heavy atom. The summed E-state index contributed by atoms with van der Waals surface area (Å²) in [5, 5.41) is 27.7. The van der Waals surface area contributed by atoms with Gasteiger partial charge in [-0.3, -0.25) is 4.90 Å². The van der Waals surface area contributed by atoms with Crippen molar-refractivity contribution < 1.29 is 10.2 Å². The number of nitrogens with two attached hydrogens (primary N) is 1. The van der Waals surface area contributed by atoms with E-state index in [2.05, 4.69) is 54.5 Å². The molecule has 3 aliphatic rings. The Bertz CT molecular complexity index is 1600. The van der Waals surface area contributed by atoms with Gasteiger partial charge in [0.25, 0.3) is 0 Å². The lowest BCUT2D eigenvalue weighted by molar-refractivity contribution is 0.0982. The maximum atomic E-state index is 10.7. The van der Waals surface area contributed by atoms with Crippen LogP contribution >= 0.6 is 0 Å². The minimum Gasteiger partial charge on any atom is -0.393 e. The van der Waals surface area contributed by atoms with E-state index in [1.807, 2.05) is 30.3 Å². The summed E-state index contributed by atoms with van der Waals surface area (Å²) >= 11 is 0. The third-order valence-corrected chi connectivity index (χ3v) is 9.96. The monoisotopic (exact) mass is 626 g/mol. The second-order valence-electron chi connectivity index (χ2n) is 13.1. The van der Waals surface area contributed by atoms with Crippen LogP contribution in [0, 0.1) is 0 Å². The zero-order chi connectivity index (χ0) is 31.6. The van der Waals surface area contributed by atoms with E-state index < -0.39 is 6.23 Å². The molecule has 12 heteroatoms. The Hall–Kier alpha value is -3.81. The predicted octanol–water partition coefficient (Wildman–Crippen LogP) is 3.64. The highest BCUT2D eigenvalue weighted by Gasteiger charge is 2.28. The quantitative estimate of drug-likeness (QED) is 0.159. The van der Waals surface area contributed by atoms with E-state index in [0.717, 1.165) is 74.1 Å². The number of piperidine rings is 1. The maximum absolute atomic E-state index is 10.7. The molecule has 0 spiro atoms. The Morgan fingerprint density at radius 1 is 0.891 bits per heavy atom. The SMILES string of the molecule is CN1CCN(C2CCN(c3ccc(Nc4nc(NC5CCC(O)CC5)c(-c5cccc6[nH]cnc56)nc4C(N)O)cc3)CC2)CC1. The van der Waals surface area contributed by atoms with Crippen molar-refractivity contribution in [3.8, 4) is 11.3 Å². The minimum atomic E-state index is -1.34. The first-order chi connectivity index (χ1) is 22.4. The van der Waals surface area contributed by atoms with Crippen LogP contribution in [0.3, 0.4) is 0 Å². The number of piperazine rings is 1. The van der Waals surface area contributed by atoms with Gasteiger partial charge in [-0.15, -0.1) is 0 Å². The molecule has 1 saturated carbocycles. The summed E-state index contributed by atoms with van der Waals surface area (Å²) in [5.74, 6) is 0.982. The average molecular weight is 627 g/mol. The molecule has 7 N–H and O–H groups in total. The van der Waals surface area contributed by atoms with Crippen LogP contribution in [0.15, 0.2) is 48.8 Å². The topological polar surface area (TPSA) is 155 Å². The molecule has 0 radical (unpaired) electrons. The molecule has 244 valence electrons. The molecule has 2 aromatic carbocycles. The molecule has 4 heterocycles. The Kier molecular flexibility index (Phi) is 9.05. The highest BCUT2D eigenvalue weighted by molar-refractivity contribution is 5.93. The van der Waals surface area contributed by atoms with Gasteiger partial charge < -0.3 is 41.4 Å². The van der Waals surface area contributed by atoms with Crippen LogP contribution in [-0.2, 0) is 0 Å². The van der Waals surface area contributed by atoms with Crippen molar-refractivity contribution in [2.75, 3.05) is 61.8 Å². The number of hydrogen-bond donors (Lipinski definition) is 6. The molecule has 46 heavy (non-hydrogen) atoms. The highest BCUT2D eigenvalue weighted by atomic mass is 16.3. The number of hydrogen-bond acceptors (Lipinski definition) is 11. The van der Waals surface area contributed by atoms with E-state index in [4.69, 9.17) is 15.7 Å². The van der Waals surface area contributed by atoms with Gasteiger partial charge in [0.05, 0.1) is 23.5 Å². The molecule has 0 amide bonds. The van der Waals surface area contributed by atoms with Crippen molar-refractivity contribution in [2.24, 2.45) is 5.73 Å². The van der Waals surface area contributed by atoms with E-state index >= 15 is 0 Å². The van der Waals surface area contributed by atoms with Crippen molar-refractivity contribution >= 4 is 34.0 Å². The third kappa shape index (κ3) is 6.67. The van der Waals surface area contributed by atoms with Crippen LogP contribution in [-0.4, -0.2) is 104 Å². The highest BCUT2D eigenvalue weighted by Crippen LogP contribution is 2.36. The summed E-state index contributed by atoms with van der Waals surface area (Å²) in [4.78, 5) is 25.2. The van der Waals surface area contributed by atoms with Gasteiger partial charge in [-0.1, -0.05) is 12.1 Å². The number of likely N-dealkylation sites (N-methyl/N-ethyl adjacent to an activating group) is 1. The first kappa shape index (κ1) is 30.8. The van der Waals surface area contributed by atoms with Gasteiger partial charge in [-0.2, -0.15) is 0 Å². The third-order valence-electron chi connectivity index (χ3n) is 9.96. The Balaban J connectivity index is 1.12. The van der Waals surface area contributed by atoms with Gasteiger partial charge >= 0.3 is 0 Å². The molecule has 2 aliphatic heterocycles. The fourth-order valence-electron chi connectivity index (χ4n) is 7.17. The van der Waals surface area contributed by atoms with E-state index in [1.54, 1.807) is 6.33 Å². The standard InChI is InChI=1S/C34H46N10O2/c1-42-17-19-44(20-18-42)25-13-15-43(16-14-25)24-9-5-22(6-10-24)39-34-31(32(35)46)40-30(27-3-2-4-28-29(27)37-21-36-28)33(41-34)38-23-7-11-26(45)12-8-23/h2-6,9-10,21,23,25-26,32,45-46H,7-8,11-20,35H2,1H3,(H,36,37)(H2,38,39,41). The summed E-state index contributed by atoms with van der Waals surface area (Å²) in [6.07, 6.45) is 5.55. The Labute approximate surface area is 270 Å². The zero-order valence-corrected chi connectivity index (χ0v) is 26.6. The Morgan fingerprint density at radius 2 is 1.63 bits per heavy atom. The lowest BCUT2D eigenvalue weighted by Crippen LogP contribution is -2.52. The first-order valence-electron chi connectivity index (χ1n) is 16.7. The number of H-pyrrole nitrogens is 1. The molecule has 1 unspecified atom stereocenters. The zero-order valence-electron chi connectivity index (χ0n) is 26.6. The lowest BCUT2D eigenvalue weighted by Gasteiger charge is -2.42. The fourth-order valence-corrected chi connectivity index (χ4v) is 7.17. The van der Waals surface area contributed by atoms with Crippen molar-refractivity contribution in [1.82, 2.24) is 29.7 Å². The number of rotatable bonds is 8. The molecule has 2 saturated heterocycles. The van der Waals surface area contributed by atoms with Crippen LogP contribution in [0.25, 0.3) is 22.3 Å². The first-order valence-corrected chi connectivity index (χ1v) is 16.7. The molecule has 1 aliphatic carbocycles. The number of aliphatic hydroxyl groups is 2. The van der Waals surface area contributed by atoms with E-state index in [1.165, 1.54) is 31.6 Å². The number of benzene rings is 2. The van der Waals surface area contributed by atoms with Crippen LogP contribution in [0.4, 0.5) is 23.0 Å². The molecular formula is C34H46N10O2. The van der Waals surface area contributed by atoms with Crippen LogP contribution in [0.1, 0.15) is 50.4 Å². The van der Waals surface area contributed by atoms with Crippen molar-refractivity contribution in [2.45, 2.75) is 62.9 Å². The summed E-state index contributed by atoms with van der Waals surface area (Å²) in [7, 11) is 2.21. The number of anilines is 4. The second-order valence-corrected chi connectivity index (χ2v) is 13.1. The number of nitrogens with zero attached hydrogens (tertiary/aromatic N) is 6. The predicted molar refractivity (Wildman–Crippen MR) is 182 cm³/mol. The summed E-state index contributed by atoms with van der Waals surface area (Å²) in [6, 6.07) is 15.0. The van der Waals surface area contributed by atoms with Gasteiger partial charge in [0.15, 0.2) is 11.6 Å². The number of fused-ring (bicyclic) bond motifs is 1. The van der Waals surface area contributed by atoms with Gasteiger partial charge in [0.2, 0.25) is 0 Å². The fraction of sp³-hybridized carbons (Fsp3) is 0.500. The summed E-state index contributed by atoms with van der Waals surface area (Å²) in [6.45, 7) is 6.77. The molecule has 7 rings (SSSR count). The van der Waals surface area contributed by atoms with Gasteiger partial charge in [0, 0.05) is 68.3 Å². The number of aromatic amines is 1. The summed E-state index contributed by atoms with van der Waals surface area (Å²) < 4.78 is 0. The van der Waals surface area contributed by atoms with Crippen molar-refractivity contribution in [3.63, 3.8) is 0 Å². The van der Waals surface area contributed by atoms with Gasteiger partial charge in [0.1, 0.15) is 17.6 Å². The average Bonchev–Trinajstić information content (AvgIpc) is 3.56. The van der Waals surface area contributed by atoms with Crippen molar-refractivity contribution in [3.05, 3.63) is 54.5 Å².